The maximum atomic E-state index is 11.8. The molecule has 1 aliphatic heterocycles. The molecule has 0 bridgehead atoms. The van der Waals surface area contributed by atoms with Crippen LogP contribution in [0, 0.1) is 0 Å². The number of sulfonamides is 1. The van der Waals surface area contributed by atoms with Crippen LogP contribution in [0.25, 0.3) is 0 Å². The SMILES string of the molecule is CN(CCN1CCCC[C@@H]1CNC(=O)OC(C)(C)C)S(C)(=O)=O. The minimum atomic E-state index is -3.15. The predicted molar refractivity (Wildman–Crippen MR) is 90.9 cm³/mol. The number of rotatable bonds is 6. The molecule has 1 amide bonds. The first-order chi connectivity index (χ1) is 10.5. The van der Waals surface area contributed by atoms with Gasteiger partial charge in [0.05, 0.1) is 6.26 Å². The molecule has 7 nitrogen and oxygen atoms in total. The Morgan fingerprint density at radius 1 is 1.35 bits per heavy atom. The van der Waals surface area contributed by atoms with Crippen LogP contribution in [0.1, 0.15) is 40.0 Å². The van der Waals surface area contributed by atoms with E-state index in [1.165, 1.54) is 10.6 Å². The van der Waals surface area contributed by atoms with Gasteiger partial charge in [-0.1, -0.05) is 6.42 Å². The van der Waals surface area contributed by atoms with E-state index >= 15 is 0 Å². The quantitative estimate of drug-likeness (QED) is 0.781. The molecule has 0 unspecified atom stereocenters. The lowest BCUT2D eigenvalue weighted by Gasteiger charge is -2.36. The highest BCUT2D eigenvalue weighted by Crippen LogP contribution is 2.16. The molecule has 23 heavy (non-hydrogen) atoms. The van der Waals surface area contributed by atoms with Crippen LogP contribution in [0.3, 0.4) is 0 Å². The van der Waals surface area contributed by atoms with Gasteiger partial charge in [0.25, 0.3) is 0 Å². The van der Waals surface area contributed by atoms with Crippen LogP contribution in [-0.4, -0.2) is 74.8 Å². The third-order valence-corrected chi connectivity index (χ3v) is 5.21. The highest BCUT2D eigenvalue weighted by molar-refractivity contribution is 7.88. The second-order valence-corrected chi connectivity index (χ2v) is 9.24. The van der Waals surface area contributed by atoms with Gasteiger partial charge in [-0.15, -0.1) is 0 Å². The Bertz CT molecular complexity index is 487. The smallest absolute Gasteiger partial charge is 0.407 e. The van der Waals surface area contributed by atoms with E-state index in [0.717, 1.165) is 25.8 Å². The molecule has 1 rings (SSSR count). The summed E-state index contributed by atoms with van der Waals surface area (Å²) in [4.78, 5) is 14.0. The Morgan fingerprint density at radius 3 is 2.57 bits per heavy atom. The molecule has 0 aromatic heterocycles. The van der Waals surface area contributed by atoms with Crippen LogP contribution in [0.2, 0.25) is 0 Å². The summed E-state index contributed by atoms with van der Waals surface area (Å²) in [7, 11) is -1.56. The summed E-state index contributed by atoms with van der Waals surface area (Å²) in [6.45, 7) is 8.09. The summed E-state index contributed by atoms with van der Waals surface area (Å²) >= 11 is 0. The number of carbonyl (C=O) groups excluding carboxylic acids is 1. The van der Waals surface area contributed by atoms with Crippen molar-refractivity contribution < 1.29 is 17.9 Å². The van der Waals surface area contributed by atoms with Gasteiger partial charge in [0.15, 0.2) is 0 Å². The summed E-state index contributed by atoms with van der Waals surface area (Å²) in [6.07, 6.45) is 4.03. The van der Waals surface area contributed by atoms with Gasteiger partial charge in [0, 0.05) is 32.7 Å². The Kier molecular flexibility index (Phi) is 7.29. The molecule has 0 aromatic rings. The second kappa shape index (κ2) is 8.30. The van der Waals surface area contributed by atoms with E-state index in [0.29, 0.717) is 19.6 Å². The third kappa shape index (κ3) is 7.99. The van der Waals surface area contributed by atoms with E-state index in [2.05, 4.69) is 10.2 Å². The van der Waals surface area contributed by atoms with Gasteiger partial charge in [-0.3, -0.25) is 4.90 Å². The van der Waals surface area contributed by atoms with E-state index in [1.807, 2.05) is 20.8 Å². The van der Waals surface area contributed by atoms with Crippen LogP contribution in [0.4, 0.5) is 4.79 Å². The fourth-order valence-electron chi connectivity index (χ4n) is 2.54. The van der Waals surface area contributed by atoms with Crippen molar-refractivity contribution in [3.05, 3.63) is 0 Å². The van der Waals surface area contributed by atoms with Crippen LogP contribution < -0.4 is 5.32 Å². The van der Waals surface area contributed by atoms with Gasteiger partial charge in [0.2, 0.25) is 10.0 Å². The third-order valence-electron chi connectivity index (χ3n) is 3.90. The van der Waals surface area contributed by atoms with Crippen LogP contribution in [0.15, 0.2) is 0 Å². The van der Waals surface area contributed by atoms with Gasteiger partial charge >= 0.3 is 6.09 Å². The topological polar surface area (TPSA) is 79.0 Å². The zero-order chi connectivity index (χ0) is 17.7. The Balaban J connectivity index is 2.47. The normalized spacial score (nSPS) is 20.5. The van der Waals surface area contributed by atoms with Crippen molar-refractivity contribution in [2.75, 3.05) is 39.5 Å². The van der Waals surface area contributed by atoms with Crippen LogP contribution in [0.5, 0.6) is 0 Å². The summed E-state index contributed by atoms with van der Waals surface area (Å²) in [5.74, 6) is 0. The minimum absolute atomic E-state index is 0.226. The molecule has 1 heterocycles. The molecule has 136 valence electrons. The number of nitrogens with one attached hydrogen (secondary N) is 1. The lowest BCUT2D eigenvalue weighted by atomic mass is 10.0. The first-order valence-electron chi connectivity index (χ1n) is 8.11. The summed E-state index contributed by atoms with van der Waals surface area (Å²) in [6, 6.07) is 0.226. The van der Waals surface area contributed by atoms with Crippen LogP contribution >= 0.6 is 0 Å². The molecule has 0 saturated carbocycles. The number of ether oxygens (including phenoxy) is 1. The molecule has 1 atom stereocenters. The van der Waals surface area contributed by atoms with Gasteiger partial charge in [-0.05, 0) is 40.2 Å². The van der Waals surface area contributed by atoms with Gasteiger partial charge in [-0.25, -0.2) is 17.5 Å². The standard InChI is InChI=1S/C15H31N3O4S/c1-15(2,3)22-14(19)16-12-13-8-6-7-9-18(13)11-10-17(4)23(5,20)21/h13H,6-12H2,1-5H3,(H,16,19)/t13-/m1/s1. The van der Waals surface area contributed by atoms with Crippen molar-refractivity contribution in [1.29, 1.82) is 0 Å². The number of carbonyl (C=O) groups is 1. The molecule has 0 radical (unpaired) electrons. The number of nitrogens with zero attached hydrogens (tertiary/aromatic N) is 2. The molecule has 0 aromatic carbocycles. The van der Waals surface area contributed by atoms with Gasteiger partial charge < -0.3 is 10.1 Å². The number of likely N-dealkylation sites (N-methyl/N-ethyl adjacent to an activating group) is 1. The number of hydrogen-bond acceptors (Lipinski definition) is 5. The lowest BCUT2D eigenvalue weighted by Crippen LogP contribution is -2.49. The molecule has 1 saturated heterocycles. The van der Waals surface area contributed by atoms with Crippen molar-refractivity contribution in [3.63, 3.8) is 0 Å². The number of piperidine rings is 1. The van der Waals surface area contributed by atoms with Crippen molar-refractivity contribution in [2.24, 2.45) is 0 Å². The van der Waals surface area contributed by atoms with Crippen molar-refractivity contribution in [3.8, 4) is 0 Å². The largest absolute Gasteiger partial charge is 0.444 e. The minimum Gasteiger partial charge on any atom is -0.444 e. The molecule has 0 spiro atoms. The van der Waals surface area contributed by atoms with E-state index in [9.17, 15) is 13.2 Å². The number of alkyl carbamates (subject to hydrolysis) is 1. The zero-order valence-electron chi connectivity index (χ0n) is 15.0. The van der Waals surface area contributed by atoms with E-state index in [-0.39, 0.29) is 6.04 Å². The van der Waals surface area contributed by atoms with Crippen molar-refractivity contribution >= 4 is 16.1 Å². The average Bonchev–Trinajstić information content (AvgIpc) is 2.40. The average molecular weight is 349 g/mol. The van der Waals surface area contributed by atoms with Crippen molar-refractivity contribution in [1.82, 2.24) is 14.5 Å². The van der Waals surface area contributed by atoms with Gasteiger partial charge in [0.1, 0.15) is 5.60 Å². The van der Waals surface area contributed by atoms with Gasteiger partial charge in [-0.2, -0.15) is 0 Å². The molecule has 1 fully saturated rings. The maximum Gasteiger partial charge on any atom is 0.407 e. The number of likely N-dealkylation sites (tertiary alicyclic amines) is 1. The molecule has 1 aliphatic rings. The summed E-state index contributed by atoms with van der Waals surface area (Å²) in [5.41, 5.74) is -0.505. The fourth-order valence-corrected chi connectivity index (χ4v) is 2.95. The highest BCUT2D eigenvalue weighted by Gasteiger charge is 2.25. The van der Waals surface area contributed by atoms with E-state index < -0.39 is 21.7 Å². The molecular formula is C15H31N3O4S. The Hall–Kier alpha value is -0.860. The monoisotopic (exact) mass is 349 g/mol. The molecule has 0 aliphatic carbocycles. The highest BCUT2D eigenvalue weighted by atomic mass is 32.2. The number of hydrogen-bond donors (Lipinski definition) is 1. The molecule has 8 heteroatoms. The van der Waals surface area contributed by atoms with E-state index in [1.54, 1.807) is 7.05 Å². The fraction of sp³-hybridized carbons (Fsp3) is 0.933. The van der Waals surface area contributed by atoms with Crippen molar-refractivity contribution in [2.45, 2.75) is 51.7 Å². The first kappa shape index (κ1) is 20.2. The zero-order valence-corrected chi connectivity index (χ0v) is 15.8. The first-order valence-corrected chi connectivity index (χ1v) is 9.96. The predicted octanol–water partition coefficient (Wildman–Crippen LogP) is 1.26. The maximum absolute atomic E-state index is 11.8. The molecule has 1 N–H and O–H groups in total. The summed E-state index contributed by atoms with van der Waals surface area (Å²) < 4.78 is 29.5. The number of amides is 1. The summed E-state index contributed by atoms with van der Waals surface area (Å²) in [5, 5.41) is 2.82. The second-order valence-electron chi connectivity index (χ2n) is 7.15. The Labute approximate surface area is 140 Å². The lowest BCUT2D eigenvalue weighted by molar-refractivity contribution is 0.0494. The Morgan fingerprint density at radius 2 is 2.00 bits per heavy atom. The van der Waals surface area contributed by atoms with Crippen LogP contribution in [-0.2, 0) is 14.8 Å². The van der Waals surface area contributed by atoms with E-state index in [4.69, 9.17) is 4.74 Å². The molecular weight excluding hydrogens is 318 g/mol.